The van der Waals surface area contributed by atoms with Gasteiger partial charge in [0.2, 0.25) is 0 Å². The Labute approximate surface area is 141 Å². The number of ketones is 1. The molecule has 8 atom stereocenters. The summed E-state index contributed by atoms with van der Waals surface area (Å²) < 4.78 is 0. The van der Waals surface area contributed by atoms with Crippen molar-refractivity contribution in [2.24, 2.45) is 40.4 Å². The summed E-state index contributed by atoms with van der Waals surface area (Å²) in [6.45, 7) is 6.80. The summed E-state index contributed by atoms with van der Waals surface area (Å²) in [6.07, 6.45) is 10.9. The number of aliphatic hydroxyl groups excluding tert-OH is 1. The van der Waals surface area contributed by atoms with Crippen molar-refractivity contribution in [2.75, 3.05) is 0 Å². The van der Waals surface area contributed by atoms with E-state index in [1.165, 1.54) is 38.5 Å². The second-order valence-corrected chi connectivity index (χ2v) is 9.87. The Bertz CT molecular complexity index is 500. The Balaban J connectivity index is 1.61. The van der Waals surface area contributed by atoms with Crippen LogP contribution in [0.15, 0.2) is 0 Å². The molecule has 0 spiro atoms. The Morgan fingerprint density at radius 1 is 0.913 bits per heavy atom. The highest BCUT2D eigenvalue weighted by Crippen LogP contribution is 2.67. The lowest BCUT2D eigenvalue weighted by Crippen LogP contribution is -2.54. The van der Waals surface area contributed by atoms with Crippen LogP contribution in [0, 0.1) is 40.4 Å². The van der Waals surface area contributed by atoms with Crippen molar-refractivity contribution >= 4 is 5.78 Å². The van der Waals surface area contributed by atoms with E-state index in [1.807, 2.05) is 6.92 Å². The van der Waals surface area contributed by atoms with E-state index in [4.69, 9.17) is 0 Å². The molecule has 2 heteroatoms. The first kappa shape index (κ1) is 16.1. The van der Waals surface area contributed by atoms with Gasteiger partial charge < -0.3 is 5.11 Å². The molecule has 2 nitrogen and oxygen atoms in total. The smallest absolute Gasteiger partial charge is 0.133 e. The molecule has 5 unspecified atom stereocenters. The second kappa shape index (κ2) is 5.31. The third kappa shape index (κ3) is 2.19. The molecule has 0 radical (unpaired) electrons. The molecule has 4 saturated carbocycles. The van der Waals surface area contributed by atoms with Gasteiger partial charge in [-0.2, -0.15) is 0 Å². The molecule has 0 aliphatic heterocycles. The normalized spacial score (nSPS) is 55.7. The maximum atomic E-state index is 12.2. The Kier molecular flexibility index (Phi) is 3.72. The minimum absolute atomic E-state index is 0.0490. The van der Waals surface area contributed by atoms with Crippen LogP contribution in [-0.4, -0.2) is 17.0 Å². The van der Waals surface area contributed by atoms with E-state index in [1.54, 1.807) is 0 Å². The van der Waals surface area contributed by atoms with Gasteiger partial charge in [0, 0.05) is 5.92 Å². The summed E-state index contributed by atoms with van der Waals surface area (Å²) in [6, 6.07) is 0. The fourth-order valence-corrected chi connectivity index (χ4v) is 7.90. The van der Waals surface area contributed by atoms with Crippen LogP contribution < -0.4 is 0 Å². The summed E-state index contributed by atoms with van der Waals surface area (Å²) in [5.74, 6) is 3.97. The van der Waals surface area contributed by atoms with Gasteiger partial charge in [0.05, 0.1) is 6.10 Å². The molecular weight excluding hydrogens is 284 g/mol. The van der Waals surface area contributed by atoms with Gasteiger partial charge in [-0.25, -0.2) is 0 Å². The van der Waals surface area contributed by atoms with E-state index in [9.17, 15) is 9.90 Å². The van der Waals surface area contributed by atoms with Crippen LogP contribution in [0.5, 0.6) is 0 Å². The molecular formula is C21H34O2. The van der Waals surface area contributed by atoms with E-state index in [-0.39, 0.29) is 11.5 Å². The van der Waals surface area contributed by atoms with Gasteiger partial charge in [-0.1, -0.05) is 13.8 Å². The van der Waals surface area contributed by atoms with Crippen LogP contribution in [-0.2, 0) is 4.79 Å². The van der Waals surface area contributed by atoms with Crippen LogP contribution in [0.2, 0.25) is 0 Å². The number of aliphatic hydroxyl groups is 1. The van der Waals surface area contributed by atoms with Gasteiger partial charge >= 0.3 is 0 Å². The van der Waals surface area contributed by atoms with Crippen molar-refractivity contribution in [3.05, 3.63) is 0 Å². The first-order chi connectivity index (χ1) is 10.9. The van der Waals surface area contributed by atoms with Crippen molar-refractivity contribution in [2.45, 2.75) is 84.7 Å². The molecule has 0 aromatic carbocycles. The maximum absolute atomic E-state index is 12.2. The molecule has 4 aliphatic rings. The number of hydrogen-bond acceptors (Lipinski definition) is 2. The number of hydrogen-bond donors (Lipinski definition) is 1. The van der Waals surface area contributed by atoms with Crippen molar-refractivity contribution in [3.8, 4) is 0 Å². The first-order valence-electron chi connectivity index (χ1n) is 10.0. The van der Waals surface area contributed by atoms with Gasteiger partial charge in [0.1, 0.15) is 5.78 Å². The zero-order chi connectivity index (χ0) is 16.4. The Morgan fingerprint density at radius 2 is 1.61 bits per heavy atom. The molecule has 0 amide bonds. The minimum atomic E-state index is -0.0490. The zero-order valence-corrected chi connectivity index (χ0v) is 15.2. The van der Waals surface area contributed by atoms with E-state index in [0.29, 0.717) is 17.1 Å². The predicted molar refractivity (Wildman–Crippen MR) is 91.9 cm³/mol. The molecule has 4 aliphatic carbocycles. The van der Waals surface area contributed by atoms with Crippen molar-refractivity contribution in [3.63, 3.8) is 0 Å². The SMILES string of the molecule is CC(=O)[C@H]1CCC2C3CCC4CC(O)CC[C@]4(C)C3CC[C@@]21C. The van der Waals surface area contributed by atoms with E-state index < -0.39 is 0 Å². The largest absolute Gasteiger partial charge is 0.393 e. The molecule has 4 rings (SSSR count). The third-order valence-electron chi connectivity index (χ3n) is 9.13. The lowest BCUT2D eigenvalue weighted by atomic mass is 9.44. The van der Waals surface area contributed by atoms with Gasteiger partial charge in [0.15, 0.2) is 0 Å². The van der Waals surface area contributed by atoms with Crippen molar-refractivity contribution in [1.82, 2.24) is 0 Å². The number of carbonyl (C=O) groups excluding carboxylic acids is 1. The number of carbonyl (C=O) groups is 1. The quantitative estimate of drug-likeness (QED) is 0.767. The summed E-state index contributed by atoms with van der Waals surface area (Å²) in [5, 5.41) is 10.1. The van der Waals surface area contributed by atoms with Crippen LogP contribution >= 0.6 is 0 Å². The third-order valence-corrected chi connectivity index (χ3v) is 9.13. The lowest BCUT2D eigenvalue weighted by molar-refractivity contribution is -0.138. The minimum Gasteiger partial charge on any atom is -0.393 e. The number of rotatable bonds is 1. The topological polar surface area (TPSA) is 37.3 Å². The molecule has 4 fully saturated rings. The lowest BCUT2D eigenvalue weighted by Gasteiger charge is -2.60. The molecule has 0 aromatic heterocycles. The van der Waals surface area contributed by atoms with Crippen molar-refractivity contribution < 1.29 is 9.90 Å². The summed E-state index contributed by atoms with van der Waals surface area (Å²) in [5.41, 5.74) is 0.738. The van der Waals surface area contributed by atoms with E-state index in [0.717, 1.165) is 42.9 Å². The molecule has 1 N–H and O–H groups in total. The molecule has 23 heavy (non-hydrogen) atoms. The average molecular weight is 319 g/mol. The molecule has 0 bridgehead atoms. The van der Waals surface area contributed by atoms with E-state index >= 15 is 0 Å². The zero-order valence-electron chi connectivity index (χ0n) is 15.2. The summed E-state index contributed by atoms with van der Waals surface area (Å²) >= 11 is 0. The summed E-state index contributed by atoms with van der Waals surface area (Å²) in [7, 11) is 0. The monoisotopic (exact) mass is 318 g/mol. The van der Waals surface area contributed by atoms with E-state index in [2.05, 4.69) is 13.8 Å². The first-order valence-corrected chi connectivity index (χ1v) is 10.0. The van der Waals surface area contributed by atoms with Gasteiger partial charge in [0.25, 0.3) is 0 Å². The van der Waals surface area contributed by atoms with Crippen LogP contribution in [0.3, 0.4) is 0 Å². The number of Topliss-reactive ketones (excluding diaryl/α,β-unsaturated/α-hetero) is 1. The van der Waals surface area contributed by atoms with Gasteiger partial charge in [-0.3, -0.25) is 4.79 Å². The molecule has 0 saturated heterocycles. The second-order valence-electron chi connectivity index (χ2n) is 9.87. The van der Waals surface area contributed by atoms with Gasteiger partial charge in [-0.15, -0.1) is 0 Å². The standard InChI is InChI=1S/C21H34O2/c1-13(22)17-6-7-18-16-5-4-14-12-15(23)8-10-20(14,2)19(16)9-11-21(17,18)3/h14-19,23H,4-12H2,1-3H3/t14?,15?,16?,17-,18?,19?,20+,21-/m1/s1. The van der Waals surface area contributed by atoms with Crippen LogP contribution in [0.4, 0.5) is 0 Å². The summed E-state index contributed by atoms with van der Waals surface area (Å²) in [4.78, 5) is 12.2. The highest BCUT2D eigenvalue weighted by atomic mass is 16.3. The fraction of sp³-hybridized carbons (Fsp3) is 0.952. The predicted octanol–water partition coefficient (Wildman–Crippen LogP) is 4.60. The van der Waals surface area contributed by atoms with Gasteiger partial charge in [-0.05, 0) is 99.2 Å². The maximum Gasteiger partial charge on any atom is 0.133 e. The molecule has 130 valence electrons. The highest BCUT2D eigenvalue weighted by Gasteiger charge is 2.60. The number of fused-ring (bicyclic) bond motifs is 5. The molecule has 0 heterocycles. The van der Waals surface area contributed by atoms with Crippen LogP contribution in [0.1, 0.15) is 78.6 Å². The Morgan fingerprint density at radius 3 is 2.35 bits per heavy atom. The van der Waals surface area contributed by atoms with Crippen molar-refractivity contribution in [1.29, 1.82) is 0 Å². The van der Waals surface area contributed by atoms with Crippen LogP contribution in [0.25, 0.3) is 0 Å². The Hall–Kier alpha value is -0.370. The highest BCUT2D eigenvalue weighted by molar-refractivity contribution is 5.79. The molecule has 0 aromatic rings. The average Bonchev–Trinajstić information content (AvgIpc) is 2.85. The fourth-order valence-electron chi connectivity index (χ4n) is 7.90.